The van der Waals surface area contributed by atoms with E-state index >= 15 is 0 Å². The smallest absolute Gasteiger partial charge is 0.306 e. The average molecular weight is 830 g/mol. The number of allylic oxidation sites excluding steroid dienone is 19. The van der Waals surface area contributed by atoms with Crippen molar-refractivity contribution in [2.75, 3.05) is 6.61 Å². The van der Waals surface area contributed by atoms with Crippen molar-refractivity contribution >= 4 is 11.9 Å². The zero-order chi connectivity index (χ0) is 43.8. The van der Waals surface area contributed by atoms with Crippen molar-refractivity contribution in [2.24, 2.45) is 0 Å². The Morgan fingerprint density at radius 3 is 1.53 bits per heavy atom. The van der Waals surface area contributed by atoms with E-state index < -0.39 is 18.2 Å². The summed E-state index contributed by atoms with van der Waals surface area (Å²) in [5.74, 6) is -0.693. The Kier molecular flexibility index (Phi) is 43.4. The van der Waals surface area contributed by atoms with Gasteiger partial charge < -0.3 is 20.3 Å². The molecule has 0 aliphatic heterocycles. The van der Waals surface area contributed by atoms with E-state index in [0.717, 1.165) is 70.6 Å². The molecule has 6 heteroatoms. The topological polar surface area (TPSA) is 95.9 Å². The Morgan fingerprint density at radius 2 is 1.00 bits per heavy atom. The van der Waals surface area contributed by atoms with Crippen molar-refractivity contribution < 1.29 is 24.5 Å². The quantitative estimate of drug-likeness (QED) is 0.0247. The highest BCUT2D eigenvalue weighted by molar-refractivity contribution is 5.78. The van der Waals surface area contributed by atoms with E-state index in [1.54, 1.807) is 6.08 Å². The van der Waals surface area contributed by atoms with Crippen LogP contribution in [0.15, 0.2) is 122 Å². The molecular formula is C54H87NO5. The monoisotopic (exact) mass is 830 g/mol. The number of esters is 1. The molecule has 0 radical (unpaired) electrons. The third-order valence-electron chi connectivity index (χ3n) is 9.91. The second-order valence-corrected chi connectivity index (χ2v) is 15.5. The maximum absolute atomic E-state index is 13.1. The first-order chi connectivity index (χ1) is 29.5. The number of nitrogens with one attached hydrogen (secondary N) is 1. The molecule has 3 N–H and O–H groups in total. The van der Waals surface area contributed by atoms with Crippen molar-refractivity contribution in [1.29, 1.82) is 0 Å². The SMILES string of the molecule is CC/C=C/C=C/C=C\C=C/C=C/CCCCCC(=O)OC(/C=C/C/C=C/C/C=C/C/C=C/C/C=C/CC)CC(=O)NC(CO)C(O)CCCCCCCCCCCCCC. The van der Waals surface area contributed by atoms with Gasteiger partial charge in [-0.3, -0.25) is 9.59 Å². The minimum absolute atomic E-state index is 0.0715. The van der Waals surface area contributed by atoms with Gasteiger partial charge in [-0.2, -0.15) is 0 Å². The molecule has 60 heavy (non-hydrogen) atoms. The Labute approximate surface area is 368 Å². The summed E-state index contributed by atoms with van der Waals surface area (Å²) < 4.78 is 5.78. The molecule has 0 aromatic rings. The van der Waals surface area contributed by atoms with Crippen molar-refractivity contribution in [2.45, 2.75) is 200 Å². The van der Waals surface area contributed by atoms with E-state index in [1.807, 2.05) is 54.7 Å². The summed E-state index contributed by atoms with van der Waals surface area (Å²) in [5, 5.41) is 23.6. The fourth-order valence-corrected chi connectivity index (χ4v) is 6.35. The lowest BCUT2D eigenvalue weighted by atomic mass is 10.0. The van der Waals surface area contributed by atoms with Crippen LogP contribution in [0.1, 0.15) is 181 Å². The van der Waals surface area contributed by atoms with E-state index in [1.165, 1.54) is 57.8 Å². The molecule has 1 amide bonds. The van der Waals surface area contributed by atoms with Crippen LogP contribution < -0.4 is 5.32 Å². The molecule has 0 saturated carbocycles. The zero-order valence-corrected chi connectivity index (χ0v) is 38.3. The molecule has 0 bridgehead atoms. The van der Waals surface area contributed by atoms with Crippen LogP contribution in [0.2, 0.25) is 0 Å². The molecule has 6 nitrogen and oxygen atoms in total. The fraction of sp³-hybridized carbons (Fsp3) is 0.593. The van der Waals surface area contributed by atoms with Crippen LogP contribution >= 0.6 is 0 Å². The van der Waals surface area contributed by atoms with E-state index in [2.05, 4.69) is 86.8 Å². The highest BCUT2D eigenvalue weighted by Gasteiger charge is 2.23. The lowest BCUT2D eigenvalue weighted by Crippen LogP contribution is -2.46. The molecule has 0 rings (SSSR count). The Bertz CT molecular complexity index is 1300. The van der Waals surface area contributed by atoms with E-state index in [9.17, 15) is 19.8 Å². The third kappa shape index (κ3) is 41.0. The number of unbranched alkanes of at least 4 members (excludes halogenated alkanes) is 14. The summed E-state index contributed by atoms with van der Waals surface area (Å²) in [6.45, 7) is 6.15. The number of hydrogen-bond donors (Lipinski definition) is 3. The van der Waals surface area contributed by atoms with Gasteiger partial charge >= 0.3 is 5.97 Å². The zero-order valence-electron chi connectivity index (χ0n) is 38.3. The van der Waals surface area contributed by atoms with Gasteiger partial charge in [-0.15, -0.1) is 0 Å². The number of hydrogen-bond acceptors (Lipinski definition) is 5. The van der Waals surface area contributed by atoms with Gasteiger partial charge in [0.2, 0.25) is 5.91 Å². The van der Waals surface area contributed by atoms with Crippen molar-refractivity contribution in [3.8, 4) is 0 Å². The summed E-state index contributed by atoms with van der Waals surface area (Å²) in [6.07, 6.45) is 64.2. The largest absolute Gasteiger partial charge is 0.458 e. The Balaban J connectivity index is 4.87. The first kappa shape index (κ1) is 56.3. The van der Waals surface area contributed by atoms with Crippen LogP contribution in [0, 0.1) is 0 Å². The Morgan fingerprint density at radius 1 is 0.533 bits per heavy atom. The van der Waals surface area contributed by atoms with E-state index in [0.29, 0.717) is 19.3 Å². The number of ether oxygens (including phenoxy) is 1. The van der Waals surface area contributed by atoms with Crippen molar-refractivity contribution in [1.82, 2.24) is 5.32 Å². The van der Waals surface area contributed by atoms with E-state index in [-0.39, 0.29) is 31.3 Å². The van der Waals surface area contributed by atoms with Gasteiger partial charge in [0.25, 0.3) is 0 Å². The number of carbonyl (C=O) groups excluding carboxylic acids is 2. The second kappa shape index (κ2) is 46.3. The van der Waals surface area contributed by atoms with Crippen molar-refractivity contribution in [3.63, 3.8) is 0 Å². The maximum Gasteiger partial charge on any atom is 0.306 e. The summed E-state index contributed by atoms with van der Waals surface area (Å²) in [6, 6.07) is -0.758. The summed E-state index contributed by atoms with van der Waals surface area (Å²) >= 11 is 0. The number of amides is 1. The van der Waals surface area contributed by atoms with Crippen LogP contribution in [0.4, 0.5) is 0 Å². The molecule has 3 atom stereocenters. The predicted octanol–water partition coefficient (Wildman–Crippen LogP) is 14.1. The van der Waals surface area contributed by atoms with Gasteiger partial charge in [0.1, 0.15) is 6.10 Å². The molecule has 0 fully saturated rings. The maximum atomic E-state index is 13.1. The predicted molar refractivity (Wildman–Crippen MR) is 259 cm³/mol. The van der Waals surface area contributed by atoms with E-state index in [4.69, 9.17) is 4.74 Å². The van der Waals surface area contributed by atoms with Crippen LogP contribution in [-0.4, -0.2) is 46.9 Å². The first-order valence-electron chi connectivity index (χ1n) is 23.8. The van der Waals surface area contributed by atoms with Crippen LogP contribution in [0.5, 0.6) is 0 Å². The van der Waals surface area contributed by atoms with Gasteiger partial charge in [0.15, 0.2) is 0 Å². The standard InChI is InChI=1S/C54H87NO5/c1-4-7-10-13-16-19-22-25-27-29-32-35-38-41-44-47-54(59)60-50(45-42-39-36-33-30-28-26-23-20-17-14-11-8-5-2)48-53(58)55-51(49-56)52(57)46-43-40-37-34-31-24-21-18-15-12-9-6-3/h7-8,10-11,13,16-17,19-20,22,25-29,32-33,36,42,45,50-52,56-57H,4-6,9,12,14-15,18,21,23-24,30-31,34-35,37-41,43-44,46-49H2,1-3H3,(H,55,58)/b10-7+,11-8+,16-13+,20-17+,22-19-,27-25-,28-26+,32-29+,36-33+,45-42+. The van der Waals surface area contributed by atoms with Gasteiger partial charge in [-0.25, -0.2) is 0 Å². The second-order valence-electron chi connectivity index (χ2n) is 15.5. The Hall–Kier alpha value is -3.74. The molecule has 0 saturated heterocycles. The first-order valence-corrected chi connectivity index (χ1v) is 23.8. The molecule has 0 aromatic heterocycles. The van der Waals surface area contributed by atoms with Gasteiger partial charge in [-0.1, -0.05) is 220 Å². The van der Waals surface area contributed by atoms with Gasteiger partial charge in [-0.05, 0) is 70.3 Å². The third-order valence-corrected chi connectivity index (χ3v) is 9.91. The molecule has 0 spiro atoms. The molecule has 338 valence electrons. The molecule has 0 aliphatic carbocycles. The number of rotatable bonds is 40. The summed E-state index contributed by atoms with van der Waals surface area (Å²) in [4.78, 5) is 26.0. The van der Waals surface area contributed by atoms with Crippen molar-refractivity contribution in [3.05, 3.63) is 122 Å². The minimum atomic E-state index is -0.833. The lowest BCUT2D eigenvalue weighted by Gasteiger charge is -2.23. The highest BCUT2D eigenvalue weighted by Crippen LogP contribution is 2.15. The molecule has 0 aliphatic rings. The molecule has 0 heterocycles. The highest BCUT2D eigenvalue weighted by atomic mass is 16.5. The average Bonchev–Trinajstić information content (AvgIpc) is 3.24. The van der Waals surface area contributed by atoms with Crippen LogP contribution in [0.3, 0.4) is 0 Å². The number of aliphatic hydroxyl groups is 2. The minimum Gasteiger partial charge on any atom is -0.458 e. The van der Waals surface area contributed by atoms with Gasteiger partial charge in [0, 0.05) is 6.42 Å². The van der Waals surface area contributed by atoms with Crippen LogP contribution in [0.25, 0.3) is 0 Å². The molecule has 3 unspecified atom stereocenters. The number of aliphatic hydroxyl groups excluding tert-OH is 2. The normalized spacial score (nSPS) is 14.4. The molecular weight excluding hydrogens is 743 g/mol. The van der Waals surface area contributed by atoms with Gasteiger partial charge in [0.05, 0.1) is 25.2 Å². The fourth-order valence-electron chi connectivity index (χ4n) is 6.35. The summed E-state index contributed by atoms with van der Waals surface area (Å²) in [7, 11) is 0. The van der Waals surface area contributed by atoms with Crippen LogP contribution in [-0.2, 0) is 14.3 Å². The number of carbonyl (C=O) groups is 2. The summed E-state index contributed by atoms with van der Waals surface area (Å²) in [5.41, 5.74) is 0. The molecule has 0 aromatic carbocycles. The lowest BCUT2D eigenvalue weighted by molar-refractivity contribution is -0.148.